The summed E-state index contributed by atoms with van der Waals surface area (Å²) in [6.07, 6.45) is -4.49. The molecule has 0 amide bonds. The number of hydrogen-bond acceptors (Lipinski definition) is 3. The van der Waals surface area contributed by atoms with Crippen LogP contribution in [0.3, 0.4) is 0 Å². The predicted molar refractivity (Wildman–Crippen MR) is 79.7 cm³/mol. The van der Waals surface area contributed by atoms with Gasteiger partial charge < -0.3 is 9.47 Å². The second kappa shape index (κ2) is 6.73. The van der Waals surface area contributed by atoms with Crippen LogP contribution >= 0.6 is 0 Å². The van der Waals surface area contributed by atoms with Gasteiger partial charge in [0.2, 0.25) is 0 Å². The Balaban J connectivity index is 2.50. The van der Waals surface area contributed by atoms with Crippen molar-refractivity contribution in [3.05, 3.63) is 48.0 Å². The molecule has 23 heavy (non-hydrogen) atoms. The Kier molecular flexibility index (Phi) is 4.93. The van der Waals surface area contributed by atoms with Crippen molar-refractivity contribution in [3.8, 4) is 22.6 Å². The van der Waals surface area contributed by atoms with Gasteiger partial charge in [0.15, 0.2) is 17.8 Å². The summed E-state index contributed by atoms with van der Waals surface area (Å²) in [6.45, 7) is 3.40. The highest BCUT2D eigenvalue weighted by molar-refractivity contribution is 5.87. The van der Waals surface area contributed by atoms with E-state index in [1.807, 2.05) is 0 Å². The van der Waals surface area contributed by atoms with Crippen LogP contribution in [0.2, 0.25) is 0 Å². The molecular weight excluding hydrogens is 309 g/mol. The molecule has 0 unspecified atom stereocenters. The Morgan fingerprint density at radius 3 is 2.35 bits per heavy atom. The summed E-state index contributed by atoms with van der Waals surface area (Å²) in [7, 11) is 0. The number of halogens is 3. The van der Waals surface area contributed by atoms with E-state index in [4.69, 9.17) is 4.74 Å². The number of carbonyl (C=O) groups is 1. The van der Waals surface area contributed by atoms with E-state index in [2.05, 4.69) is 4.74 Å². The Labute approximate surface area is 131 Å². The maximum atomic E-state index is 12.6. The molecule has 2 aromatic rings. The van der Waals surface area contributed by atoms with Crippen molar-refractivity contribution < 1.29 is 27.4 Å². The molecule has 0 fully saturated rings. The van der Waals surface area contributed by atoms with Crippen molar-refractivity contribution in [1.82, 2.24) is 0 Å². The molecule has 0 aliphatic heterocycles. The van der Waals surface area contributed by atoms with E-state index in [0.717, 1.165) is 0 Å². The Hall–Kier alpha value is -2.50. The molecule has 0 heterocycles. The highest BCUT2D eigenvalue weighted by Crippen LogP contribution is 2.37. The molecule has 0 saturated heterocycles. The molecule has 0 saturated carbocycles. The van der Waals surface area contributed by atoms with Crippen LogP contribution in [0.1, 0.15) is 24.2 Å². The third kappa shape index (κ3) is 4.48. The summed E-state index contributed by atoms with van der Waals surface area (Å²) in [5.74, 6) is -0.450. The van der Waals surface area contributed by atoms with Gasteiger partial charge in [-0.2, -0.15) is 0 Å². The lowest BCUT2D eigenvalue weighted by Crippen LogP contribution is -2.18. The molecule has 0 radical (unpaired) electrons. The average Bonchev–Trinajstić information content (AvgIpc) is 2.47. The van der Waals surface area contributed by atoms with Crippen LogP contribution in [-0.4, -0.2) is 18.8 Å². The minimum absolute atomic E-state index is 0.00957. The largest absolute Gasteiger partial charge is 0.573 e. The molecule has 122 valence electrons. The number of rotatable bonds is 5. The molecule has 3 nitrogen and oxygen atoms in total. The van der Waals surface area contributed by atoms with Crippen LogP contribution in [0.15, 0.2) is 42.5 Å². The van der Waals surface area contributed by atoms with Gasteiger partial charge in [-0.25, -0.2) is 0 Å². The monoisotopic (exact) mass is 324 g/mol. The number of aldehydes is 1. The van der Waals surface area contributed by atoms with Gasteiger partial charge in [-0.05, 0) is 37.1 Å². The highest BCUT2D eigenvalue weighted by atomic mass is 19.4. The van der Waals surface area contributed by atoms with Gasteiger partial charge in [0.1, 0.15) is 0 Å². The zero-order chi connectivity index (χ0) is 17.0. The van der Waals surface area contributed by atoms with E-state index >= 15 is 0 Å². The van der Waals surface area contributed by atoms with E-state index in [1.165, 1.54) is 12.1 Å². The number of alkyl halides is 3. The molecule has 0 aliphatic carbocycles. The SMILES string of the molecule is CC(C)Oc1ccc(-c2ccccc2C=O)cc1OC(F)(F)F. The minimum Gasteiger partial charge on any atom is -0.487 e. The van der Waals surface area contributed by atoms with E-state index in [0.29, 0.717) is 23.0 Å². The Bertz CT molecular complexity index is 694. The average molecular weight is 324 g/mol. The molecule has 6 heteroatoms. The normalized spacial score (nSPS) is 11.4. The molecule has 0 aromatic heterocycles. The predicted octanol–water partition coefficient (Wildman–Crippen LogP) is 4.85. The first-order chi connectivity index (χ1) is 10.8. The summed E-state index contributed by atoms with van der Waals surface area (Å²) in [5.41, 5.74) is 1.33. The first-order valence-electron chi connectivity index (χ1n) is 6.91. The van der Waals surface area contributed by atoms with Crippen LogP contribution < -0.4 is 9.47 Å². The van der Waals surface area contributed by atoms with Gasteiger partial charge in [0.25, 0.3) is 0 Å². The molecule has 2 aromatic carbocycles. The van der Waals surface area contributed by atoms with Crippen molar-refractivity contribution in [2.45, 2.75) is 26.3 Å². The first-order valence-corrected chi connectivity index (χ1v) is 6.91. The van der Waals surface area contributed by atoms with Crippen molar-refractivity contribution >= 4 is 6.29 Å². The third-order valence-electron chi connectivity index (χ3n) is 2.93. The van der Waals surface area contributed by atoms with Gasteiger partial charge in [0, 0.05) is 5.56 Å². The van der Waals surface area contributed by atoms with Crippen LogP contribution in [-0.2, 0) is 0 Å². The summed E-state index contributed by atoms with van der Waals surface area (Å²) < 4.78 is 47.2. The molecule has 0 aliphatic rings. The quantitative estimate of drug-likeness (QED) is 0.737. The maximum Gasteiger partial charge on any atom is 0.573 e. The lowest BCUT2D eigenvalue weighted by atomic mass is 10.00. The van der Waals surface area contributed by atoms with Gasteiger partial charge in [-0.15, -0.1) is 13.2 Å². The number of carbonyl (C=O) groups excluding carboxylic acids is 1. The Morgan fingerprint density at radius 1 is 1.04 bits per heavy atom. The third-order valence-corrected chi connectivity index (χ3v) is 2.93. The summed E-state index contributed by atoms with van der Waals surface area (Å²) in [4.78, 5) is 11.1. The second-order valence-corrected chi connectivity index (χ2v) is 5.08. The van der Waals surface area contributed by atoms with Gasteiger partial charge in [0.05, 0.1) is 6.10 Å². The lowest BCUT2D eigenvalue weighted by molar-refractivity contribution is -0.275. The van der Waals surface area contributed by atoms with Crippen LogP contribution in [0.5, 0.6) is 11.5 Å². The van der Waals surface area contributed by atoms with E-state index < -0.39 is 12.1 Å². The van der Waals surface area contributed by atoms with Gasteiger partial charge in [-0.1, -0.05) is 30.3 Å². The summed E-state index contributed by atoms with van der Waals surface area (Å²) in [6, 6.07) is 10.8. The fourth-order valence-electron chi connectivity index (χ4n) is 2.09. The van der Waals surface area contributed by atoms with Crippen molar-refractivity contribution in [1.29, 1.82) is 0 Å². The minimum atomic E-state index is -4.84. The second-order valence-electron chi connectivity index (χ2n) is 5.08. The van der Waals surface area contributed by atoms with Crippen LogP contribution in [0, 0.1) is 0 Å². The van der Waals surface area contributed by atoms with Gasteiger partial charge >= 0.3 is 6.36 Å². The van der Waals surface area contributed by atoms with Gasteiger partial charge in [-0.3, -0.25) is 4.79 Å². The number of benzene rings is 2. The number of ether oxygens (including phenoxy) is 2. The fourth-order valence-corrected chi connectivity index (χ4v) is 2.09. The van der Waals surface area contributed by atoms with Crippen molar-refractivity contribution in [3.63, 3.8) is 0 Å². The molecule has 0 bridgehead atoms. The maximum absolute atomic E-state index is 12.6. The zero-order valence-electron chi connectivity index (χ0n) is 12.6. The van der Waals surface area contributed by atoms with Crippen LogP contribution in [0.25, 0.3) is 11.1 Å². The lowest BCUT2D eigenvalue weighted by Gasteiger charge is -2.17. The number of hydrogen-bond donors (Lipinski definition) is 0. The summed E-state index contributed by atoms with van der Waals surface area (Å²) in [5, 5.41) is 0. The topological polar surface area (TPSA) is 35.5 Å². The Morgan fingerprint density at radius 2 is 1.74 bits per heavy atom. The fraction of sp³-hybridized carbons (Fsp3) is 0.235. The first kappa shape index (κ1) is 16.9. The molecule has 0 atom stereocenters. The molecule has 0 N–H and O–H groups in total. The summed E-state index contributed by atoms with van der Waals surface area (Å²) >= 11 is 0. The molecule has 0 spiro atoms. The zero-order valence-corrected chi connectivity index (χ0v) is 12.6. The standard InChI is InChI=1S/C17H15F3O3/c1-11(2)22-15-8-7-12(9-16(15)23-17(18,19)20)14-6-4-3-5-13(14)10-21/h3-11H,1-2H3. The van der Waals surface area contributed by atoms with Crippen LogP contribution in [0.4, 0.5) is 13.2 Å². The van der Waals surface area contributed by atoms with Crippen molar-refractivity contribution in [2.24, 2.45) is 0 Å². The molecule has 2 rings (SSSR count). The van der Waals surface area contributed by atoms with E-state index in [-0.39, 0.29) is 11.9 Å². The smallest absolute Gasteiger partial charge is 0.487 e. The molecular formula is C17H15F3O3. The van der Waals surface area contributed by atoms with Crippen molar-refractivity contribution in [2.75, 3.05) is 0 Å². The van der Waals surface area contributed by atoms with E-state index in [9.17, 15) is 18.0 Å². The van der Waals surface area contributed by atoms with E-state index in [1.54, 1.807) is 44.2 Å². The highest BCUT2D eigenvalue weighted by Gasteiger charge is 2.32.